The molecule has 0 aromatic carbocycles. The third kappa shape index (κ3) is 2.21. The van der Waals surface area contributed by atoms with E-state index in [-0.39, 0.29) is 24.2 Å². The smallest absolute Gasteiger partial charge is 0.352 e. The number of hydrogen-bond donors (Lipinski definition) is 1. The standard InChI is InChI=1S/C12H12F3N5/c1-7-5-9(12(13,14)15)20-11(17-7)18-10(19-20)8-3-2-4-16-6-8/h2-4,6-7,9H,5H2,1H3,(H,17,18,19). The number of aromatic nitrogens is 4. The van der Waals surface area contributed by atoms with Gasteiger partial charge in [0, 0.05) is 24.0 Å². The molecule has 5 nitrogen and oxygen atoms in total. The van der Waals surface area contributed by atoms with Gasteiger partial charge in [0.1, 0.15) is 0 Å². The minimum atomic E-state index is -4.34. The lowest BCUT2D eigenvalue weighted by molar-refractivity contribution is -0.173. The van der Waals surface area contributed by atoms with E-state index in [1.165, 1.54) is 6.20 Å². The number of nitrogens with one attached hydrogen (secondary N) is 1. The van der Waals surface area contributed by atoms with Crippen LogP contribution in [-0.2, 0) is 0 Å². The van der Waals surface area contributed by atoms with Crippen molar-refractivity contribution in [2.45, 2.75) is 31.6 Å². The Hall–Kier alpha value is -2.12. The number of anilines is 1. The van der Waals surface area contributed by atoms with Crippen LogP contribution < -0.4 is 5.32 Å². The molecule has 3 rings (SSSR count). The molecule has 0 bridgehead atoms. The van der Waals surface area contributed by atoms with Gasteiger partial charge in [-0.2, -0.15) is 18.2 Å². The van der Waals surface area contributed by atoms with E-state index in [9.17, 15) is 13.2 Å². The minimum Gasteiger partial charge on any atom is -0.352 e. The van der Waals surface area contributed by atoms with Gasteiger partial charge >= 0.3 is 6.18 Å². The zero-order chi connectivity index (χ0) is 14.3. The Morgan fingerprint density at radius 2 is 2.20 bits per heavy atom. The molecular weight excluding hydrogens is 271 g/mol. The number of alkyl halides is 3. The second-order valence-electron chi connectivity index (χ2n) is 4.78. The second kappa shape index (κ2) is 4.46. The second-order valence-corrected chi connectivity index (χ2v) is 4.78. The third-order valence-corrected chi connectivity index (χ3v) is 3.18. The average molecular weight is 283 g/mol. The monoisotopic (exact) mass is 283 g/mol. The van der Waals surface area contributed by atoms with Crippen molar-refractivity contribution in [1.29, 1.82) is 0 Å². The topological polar surface area (TPSA) is 55.6 Å². The SMILES string of the molecule is CC1CC(C(F)(F)F)n2nc(-c3cccnc3)nc2N1. The van der Waals surface area contributed by atoms with Gasteiger partial charge in [-0.1, -0.05) is 0 Å². The van der Waals surface area contributed by atoms with Gasteiger partial charge in [0.05, 0.1) is 0 Å². The highest BCUT2D eigenvalue weighted by Crippen LogP contribution is 2.39. The number of pyridine rings is 1. The Morgan fingerprint density at radius 3 is 2.85 bits per heavy atom. The van der Waals surface area contributed by atoms with E-state index in [0.717, 1.165) is 4.68 Å². The van der Waals surface area contributed by atoms with Crippen molar-refractivity contribution in [2.24, 2.45) is 0 Å². The molecule has 0 spiro atoms. The Labute approximate surface area is 112 Å². The van der Waals surface area contributed by atoms with Crippen LogP contribution in [0.5, 0.6) is 0 Å². The number of hydrogen-bond acceptors (Lipinski definition) is 4. The molecule has 1 N–H and O–H groups in total. The first kappa shape index (κ1) is 12.9. The van der Waals surface area contributed by atoms with Crippen molar-refractivity contribution >= 4 is 5.95 Å². The van der Waals surface area contributed by atoms with E-state index in [1.807, 2.05) is 0 Å². The van der Waals surface area contributed by atoms with Gasteiger partial charge in [0.25, 0.3) is 0 Å². The van der Waals surface area contributed by atoms with Crippen LogP contribution in [-0.4, -0.2) is 32.0 Å². The first-order valence-electron chi connectivity index (χ1n) is 6.15. The lowest BCUT2D eigenvalue weighted by Gasteiger charge is -2.30. The van der Waals surface area contributed by atoms with Crippen LogP contribution in [0.15, 0.2) is 24.5 Å². The first-order valence-corrected chi connectivity index (χ1v) is 6.15. The summed E-state index contributed by atoms with van der Waals surface area (Å²) < 4.78 is 40.1. The molecule has 20 heavy (non-hydrogen) atoms. The molecule has 0 fully saturated rings. The maximum absolute atomic E-state index is 13.1. The van der Waals surface area contributed by atoms with Crippen molar-refractivity contribution in [3.8, 4) is 11.4 Å². The van der Waals surface area contributed by atoms with Crippen molar-refractivity contribution in [3.05, 3.63) is 24.5 Å². The third-order valence-electron chi connectivity index (χ3n) is 3.18. The van der Waals surface area contributed by atoms with Gasteiger partial charge in [-0.15, -0.1) is 5.10 Å². The Kier molecular flexibility index (Phi) is 2.88. The highest BCUT2D eigenvalue weighted by atomic mass is 19.4. The molecule has 1 aliphatic rings. The summed E-state index contributed by atoms with van der Waals surface area (Å²) in [5.41, 5.74) is 0.588. The fourth-order valence-electron chi connectivity index (χ4n) is 2.24. The molecule has 0 aliphatic carbocycles. The zero-order valence-corrected chi connectivity index (χ0v) is 10.6. The van der Waals surface area contributed by atoms with Gasteiger partial charge in [-0.3, -0.25) is 4.98 Å². The summed E-state index contributed by atoms with van der Waals surface area (Å²) >= 11 is 0. The lowest BCUT2D eigenvalue weighted by atomic mass is 10.1. The Balaban J connectivity index is 2.05. The molecule has 0 radical (unpaired) electrons. The summed E-state index contributed by atoms with van der Waals surface area (Å²) in [6.07, 6.45) is -1.30. The van der Waals surface area contributed by atoms with Crippen LogP contribution in [0, 0.1) is 0 Å². The summed E-state index contributed by atoms with van der Waals surface area (Å²) in [6, 6.07) is 1.44. The first-order chi connectivity index (χ1) is 9.45. The molecule has 2 unspecified atom stereocenters. The molecule has 2 atom stereocenters. The molecule has 1 aliphatic heterocycles. The van der Waals surface area contributed by atoms with Crippen molar-refractivity contribution in [1.82, 2.24) is 19.7 Å². The van der Waals surface area contributed by atoms with E-state index in [4.69, 9.17) is 0 Å². The van der Waals surface area contributed by atoms with Gasteiger partial charge in [-0.25, -0.2) is 4.68 Å². The van der Waals surface area contributed by atoms with Crippen molar-refractivity contribution in [3.63, 3.8) is 0 Å². The summed E-state index contributed by atoms with van der Waals surface area (Å²) in [6.45, 7) is 1.70. The van der Waals surface area contributed by atoms with E-state index >= 15 is 0 Å². The largest absolute Gasteiger partial charge is 0.411 e. The average Bonchev–Trinajstić information content (AvgIpc) is 2.81. The molecule has 2 aromatic heterocycles. The fraction of sp³-hybridized carbons (Fsp3) is 0.417. The number of rotatable bonds is 1. The van der Waals surface area contributed by atoms with Crippen molar-refractivity contribution < 1.29 is 13.2 Å². The van der Waals surface area contributed by atoms with Crippen LogP contribution in [0.2, 0.25) is 0 Å². The molecule has 0 saturated heterocycles. The van der Waals surface area contributed by atoms with Crippen LogP contribution in [0.4, 0.5) is 19.1 Å². The predicted octanol–water partition coefficient (Wildman–Crippen LogP) is 2.65. The Morgan fingerprint density at radius 1 is 1.40 bits per heavy atom. The summed E-state index contributed by atoms with van der Waals surface area (Å²) in [5.74, 6) is 0.383. The predicted molar refractivity (Wildman–Crippen MR) is 66.0 cm³/mol. The van der Waals surface area contributed by atoms with Gasteiger partial charge in [-0.05, 0) is 25.5 Å². The van der Waals surface area contributed by atoms with E-state index in [0.29, 0.717) is 5.56 Å². The molecule has 3 heterocycles. The minimum absolute atomic E-state index is 0.0632. The van der Waals surface area contributed by atoms with Crippen LogP contribution in [0.3, 0.4) is 0 Å². The summed E-state index contributed by atoms with van der Waals surface area (Å²) in [4.78, 5) is 8.05. The van der Waals surface area contributed by atoms with Crippen LogP contribution in [0.1, 0.15) is 19.4 Å². The van der Waals surface area contributed by atoms with E-state index in [2.05, 4.69) is 20.4 Å². The molecule has 2 aromatic rings. The number of halogens is 3. The summed E-state index contributed by atoms with van der Waals surface area (Å²) in [5, 5.41) is 6.91. The fourth-order valence-corrected chi connectivity index (χ4v) is 2.24. The number of fused-ring (bicyclic) bond motifs is 1. The normalized spacial score (nSPS) is 22.2. The quantitative estimate of drug-likeness (QED) is 0.874. The zero-order valence-electron chi connectivity index (χ0n) is 10.6. The molecular formula is C12H12F3N5. The van der Waals surface area contributed by atoms with Gasteiger partial charge in [0.2, 0.25) is 5.95 Å². The van der Waals surface area contributed by atoms with Crippen molar-refractivity contribution in [2.75, 3.05) is 5.32 Å². The summed E-state index contributed by atoms with van der Waals surface area (Å²) in [7, 11) is 0. The molecule has 106 valence electrons. The Bertz CT molecular complexity index is 607. The van der Waals surface area contributed by atoms with Gasteiger partial charge < -0.3 is 5.32 Å². The molecule has 0 saturated carbocycles. The lowest BCUT2D eigenvalue weighted by Crippen LogP contribution is -2.38. The maximum atomic E-state index is 13.1. The molecule has 8 heteroatoms. The highest BCUT2D eigenvalue weighted by molar-refractivity contribution is 5.55. The van der Waals surface area contributed by atoms with E-state index < -0.39 is 12.2 Å². The highest BCUT2D eigenvalue weighted by Gasteiger charge is 2.46. The molecule has 0 amide bonds. The van der Waals surface area contributed by atoms with Crippen LogP contribution in [0.25, 0.3) is 11.4 Å². The van der Waals surface area contributed by atoms with Crippen LogP contribution >= 0.6 is 0 Å². The van der Waals surface area contributed by atoms with E-state index in [1.54, 1.807) is 25.3 Å². The maximum Gasteiger partial charge on any atom is 0.411 e. The number of nitrogens with zero attached hydrogens (tertiary/aromatic N) is 4. The van der Waals surface area contributed by atoms with Gasteiger partial charge in [0.15, 0.2) is 11.9 Å².